The molecule has 102 valence electrons. The number of hydrogen-bond donors (Lipinski definition) is 2. The van der Waals surface area contributed by atoms with Crippen LogP contribution in [0.15, 0.2) is 17.2 Å². The van der Waals surface area contributed by atoms with Gasteiger partial charge in [-0.3, -0.25) is 10.2 Å². The van der Waals surface area contributed by atoms with Crippen molar-refractivity contribution >= 4 is 17.3 Å². The maximum absolute atomic E-state index is 11.5. The van der Waals surface area contributed by atoms with Gasteiger partial charge in [0.2, 0.25) is 0 Å². The molecule has 1 amide bonds. The van der Waals surface area contributed by atoms with Gasteiger partial charge in [-0.2, -0.15) is 5.10 Å². The summed E-state index contributed by atoms with van der Waals surface area (Å²) in [5.41, 5.74) is 6.45. The number of carbonyl (C=O) groups is 1. The van der Waals surface area contributed by atoms with Crippen molar-refractivity contribution in [2.45, 2.75) is 26.7 Å². The minimum Gasteiger partial charge on any atom is -0.496 e. The number of rotatable bonds is 3. The van der Waals surface area contributed by atoms with Crippen LogP contribution in [0, 0.1) is 13.8 Å². The third-order valence-corrected chi connectivity index (χ3v) is 3.12. The summed E-state index contributed by atoms with van der Waals surface area (Å²) in [6.45, 7) is 4.70. The molecule has 0 radical (unpaired) electrons. The van der Waals surface area contributed by atoms with Crippen molar-refractivity contribution in [2.75, 3.05) is 19.1 Å². The Morgan fingerprint density at radius 3 is 2.58 bits per heavy atom. The molecule has 0 unspecified atom stereocenters. The number of aryl methyl sites for hydroxylation is 2. The smallest absolute Gasteiger partial charge is 0.267 e. The highest BCUT2D eigenvalue weighted by molar-refractivity contribution is 6.39. The monoisotopic (exact) mass is 261 g/mol. The van der Waals surface area contributed by atoms with Gasteiger partial charge in [0, 0.05) is 6.54 Å². The molecule has 0 aromatic heterocycles. The Bertz CT molecular complexity index is 500. The van der Waals surface area contributed by atoms with Crippen LogP contribution in [0.2, 0.25) is 0 Å². The van der Waals surface area contributed by atoms with Gasteiger partial charge in [0.25, 0.3) is 5.91 Å². The Kier molecular flexibility index (Phi) is 4.04. The quantitative estimate of drug-likeness (QED) is 0.818. The van der Waals surface area contributed by atoms with Gasteiger partial charge in [-0.15, -0.1) is 0 Å². The first-order valence-corrected chi connectivity index (χ1v) is 6.38. The van der Waals surface area contributed by atoms with Crippen molar-refractivity contribution in [3.8, 4) is 5.75 Å². The van der Waals surface area contributed by atoms with Crippen LogP contribution in [0.25, 0.3) is 0 Å². The van der Waals surface area contributed by atoms with Gasteiger partial charge in [0.1, 0.15) is 11.5 Å². The number of hydrazone groups is 1. The number of benzene rings is 1. The van der Waals surface area contributed by atoms with Gasteiger partial charge in [-0.1, -0.05) is 0 Å². The molecule has 0 spiro atoms. The van der Waals surface area contributed by atoms with Crippen molar-refractivity contribution in [3.63, 3.8) is 0 Å². The Morgan fingerprint density at radius 1 is 1.32 bits per heavy atom. The first kappa shape index (κ1) is 13.4. The predicted octanol–water partition coefficient (Wildman–Crippen LogP) is 1.99. The summed E-state index contributed by atoms with van der Waals surface area (Å²) in [6.07, 6.45) is 1.65. The normalized spacial score (nSPS) is 17.2. The molecular weight excluding hydrogens is 242 g/mol. The van der Waals surface area contributed by atoms with Crippen molar-refractivity contribution in [1.82, 2.24) is 5.32 Å². The van der Waals surface area contributed by atoms with Crippen LogP contribution in [0.3, 0.4) is 0 Å². The molecule has 1 fully saturated rings. The lowest BCUT2D eigenvalue weighted by Gasteiger charge is -2.14. The van der Waals surface area contributed by atoms with Crippen LogP contribution in [0.4, 0.5) is 5.69 Å². The van der Waals surface area contributed by atoms with Crippen molar-refractivity contribution in [2.24, 2.45) is 5.10 Å². The van der Waals surface area contributed by atoms with E-state index in [1.165, 1.54) is 0 Å². The highest BCUT2D eigenvalue weighted by atomic mass is 16.5. The third kappa shape index (κ3) is 3.05. The summed E-state index contributed by atoms with van der Waals surface area (Å²) < 4.78 is 5.31. The lowest BCUT2D eigenvalue weighted by Crippen LogP contribution is -2.37. The van der Waals surface area contributed by atoms with Crippen molar-refractivity contribution in [3.05, 3.63) is 23.3 Å². The average Bonchev–Trinajstić information content (AvgIpc) is 2.37. The first-order valence-electron chi connectivity index (χ1n) is 6.38. The lowest BCUT2D eigenvalue weighted by atomic mass is 10.1. The minimum atomic E-state index is -0.0827. The Labute approximate surface area is 113 Å². The molecule has 2 rings (SSSR count). The zero-order valence-corrected chi connectivity index (χ0v) is 11.5. The van der Waals surface area contributed by atoms with Crippen LogP contribution in [0.5, 0.6) is 5.75 Å². The fraction of sp³-hybridized carbons (Fsp3) is 0.429. The number of nitrogens with zero attached hydrogens (tertiary/aromatic N) is 1. The van der Waals surface area contributed by atoms with E-state index in [4.69, 9.17) is 4.74 Å². The summed E-state index contributed by atoms with van der Waals surface area (Å²) in [5.74, 6) is 0.800. The van der Waals surface area contributed by atoms with E-state index in [2.05, 4.69) is 15.8 Å². The van der Waals surface area contributed by atoms with E-state index in [0.717, 1.165) is 35.5 Å². The Hall–Kier alpha value is -2.04. The molecule has 0 saturated carbocycles. The van der Waals surface area contributed by atoms with E-state index in [1.54, 1.807) is 7.11 Å². The van der Waals surface area contributed by atoms with E-state index >= 15 is 0 Å². The van der Waals surface area contributed by atoms with Gasteiger partial charge in [0.15, 0.2) is 0 Å². The van der Waals surface area contributed by atoms with E-state index in [0.29, 0.717) is 12.1 Å². The highest BCUT2D eigenvalue weighted by Crippen LogP contribution is 2.26. The zero-order valence-electron chi connectivity index (χ0n) is 11.5. The molecule has 2 N–H and O–H groups in total. The van der Waals surface area contributed by atoms with Gasteiger partial charge >= 0.3 is 0 Å². The molecule has 5 heteroatoms. The molecule has 1 aromatic carbocycles. The van der Waals surface area contributed by atoms with Gasteiger partial charge in [-0.05, 0) is 49.9 Å². The average molecular weight is 261 g/mol. The number of nitrogens with one attached hydrogen (secondary N) is 2. The minimum absolute atomic E-state index is 0.0827. The number of carbonyl (C=O) groups excluding carboxylic acids is 1. The molecule has 1 saturated heterocycles. The van der Waals surface area contributed by atoms with Crippen LogP contribution in [-0.2, 0) is 4.79 Å². The van der Waals surface area contributed by atoms with Crippen molar-refractivity contribution in [1.29, 1.82) is 0 Å². The Balaban J connectivity index is 2.15. The number of hydrogen-bond acceptors (Lipinski definition) is 4. The summed E-state index contributed by atoms with van der Waals surface area (Å²) in [6, 6.07) is 3.91. The van der Waals surface area contributed by atoms with Crippen LogP contribution >= 0.6 is 0 Å². The van der Waals surface area contributed by atoms with Gasteiger partial charge in [0.05, 0.1) is 12.8 Å². The number of piperidine rings is 1. The van der Waals surface area contributed by atoms with E-state index in [9.17, 15) is 4.79 Å². The number of anilines is 1. The second-order valence-electron chi connectivity index (χ2n) is 4.67. The Morgan fingerprint density at radius 2 is 2.00 bits per heavy atom. The molecular formula is C14H19N3O2. The SMILES string of the molecule is COc1c(C)cc(NN=C2CCCNC2=O)cc1C. The summed E-state index contributed by atoms with van der Waals surface area (Å²) in [4.78, 5) is 11.5. The highest BCUT2D eigenvalue weighted by Gasteiger charge is 2.15. The van der Waals surface area contributed by atoms with Crippen LogP contribution in [-0.4, -0.2) is 25.3 Å². The number of methoxy groups -OCH3 is 1. The molecule has 19 heavy (non-hydrogen) atoms. The standard InChI is InChI=1S/C14H19N3O2/c1-9-7-11(8-10(2)13(9)19-3)16-17-12-5-4-6-15-14(12)18/h7-8,16H,4-6H2,1-3H3,(H,15,18). The fourth-order valence-corrected chi connectivity index (χ4v) is 2.25. The van der Waals surface area contributed by atoms with E-state index < -0.39 is 0 Å². The molecule has 0 aliphatic carbocycles. The lowest BCUT2D eigenvalue weighted by molar-refractivity contribution is -0.115. The zero-order chi connectivity index (χ0) is 13.8. The largest absolute Gasteiger partial charge is 0.496 e. The van der Waals surface area contributed by atoms with Crippen LogP contribution in [0.1, 0.15) is 24.0 Å². The molecule has 0 atom stereocenters. The van der Waals surface area contributed by atoms with Crippen molar-refractivity contribution < 1.29 is 9.53 Å². The molecule has 5 nitrogen and oxygen atoms in total. The van der Waals surface area contributed by atoms with E-state index in [1.807, 2.05) is 26.0 Å². The summed E-state index contributed by atoms with van der Waals surface area (Å²) >= 11 is 0. The third-order valence-electron chi connectivity index (χ3n) is 3.12. The summed E-state index contributed by atoms with van der Waals surface area (Å²) in [7, 11) is 1.66. The van der Waals surface area contributed by atoms with E-state index in [-0.39, 0.29) is 5.91 Å². The van der Waals surface area contributed by atoms with Crippen LogP contribution < -0.4 is 15.5 Å². The van der Waals surface area contributed by atoms with Gasteiger partial charge < -0.3 is 10.1 Å². The fourth-order valence-electron chi connectivity index (χ4n) is 2.25. The second kappa shape index (κ2) is 5.73. The summed E-state index contributed by atoms with van der Waals surface area (Å²) in [5, 5.41) is 6.97. The second-order valence-corrected chi connectivity index (χ2v) is 4.67. The maximum Gasteiger partial charge on any atom is 0.267 e. The maximum atomic E-state index is 11.5. The molecule has 1 heterocycles. The predicted molar refractivity (Wildman–Crippen MR) is 75.8 cm³/mol. The number of amides is 1. The molecule has 0 bridgehead atoms. The topological polar surface area (TPSA) is 62.7 Å². The number of ether oxygens (including phenoxy) is 1. The van der Waals surface area contributed by atoms with Gasteiger partial charge in [-0.25, -0.2) is 0 Å². The molecule has 1 aliphatic heterocycles. The molecule has 1 aromatic rings. The molecule has 1 aliphatic rings. The first-order chi connectivity index (χ1) is 9.11.